The van der Waals surface area contributed by atoms with Crippen molar-refractivity contribution in [2.24, 2.45) is 5.73 Å². The molecule has 2 aromatic carbocycles. The molecule has 3 nitrogen and oxygen atoms in total. The van der Waals surface area contributed by atoms with Crippen molar-refractivity contribution in [1.29, 1.82) is 0 Å². The summed E-state index contributed by atoms with van der Waals surface area (Å²) in [4.78, 5) is 2.12. The van der Waals surface area contributed by atoms with Gasteiger partial charge in [-0.1, -0.05) is 29.8 Å². The van der Waals surface area contributed by atoms with Gasteiger partial charge in [0.25, 0.3) is 0 Å². The van der Waals surface area contributed by atoms with E-state index in [2.05, 4.69) is 62.3 Å². The summed E-state index contributed by atoms with van der Waals surface area (Å²) in [7, 11) is 5.83. The van der Waals surface area contributed by atoms with E-state index in [9.17, 15) is 0 Å². The highest BCUT2D eigenvalue weighted by molar-refractivity contribution is 5.48. The van der Waals surface area contributed by atoms with Crippen molar-refractivity contribution in [3.05, 3.63) is 59.2 Å². The van der Waals surface area contributed by atoms with E-state index >= 15 is 0 Å². The molecule has 118 valence electrons. The van der Waals surface area contributed by atoms with Crippen LogP contribution in [-0.4, -0.2) is 27.7 Å². The molecule has 0 bridgehead atoms. The fourth-order valence-electron chi connectivity index (χ4n) is 2.74. The fraction of sp³-hybridized carbons (Fsp3) is 0.368. The predicted molar refractivity (Wildman–Crippen MR) is 94.0 cm³/mol. The van der Waals surface area contributed by atoms with Crippen molar-refractivity contribution in [2.75, 3.05) is 32.6 Å². The number of hydrogen-bond donors (Lipinski definition) is 1. The third-order valence-electron chi connectivity index (χ3n) is 4.02. The average Bonchev–Trinajstić information content (AvgIpc) is 2.52. The molecule has 2 aromatic rings. The van der Waals surface area contributed by atoms with Gasteiger partial charge in [-0.25, -0.2) is 0 Å². The number of aryl methyl sites for hydroxylation is 1. The molecule has 0 aliphatic heterocycles. The third kappa shape index (κ3) is 3.80. The number of nitrogens with zero attached hydrogens (tertiary/aromatic N) is 1. The smallest absolute Gasteiger partial charge is 0.122 e. The third-order valence-corrected chi connectivity index (χ3v) is 4.02. The Hall–Kier alpha value is -2.00. The van der Waals surface area contributed by atoms with Gasteiger partial charge in [-0.3, -0.25) is 0 Å². The lowest BCUT2D eigenvalue weighted by Crippen LogP contribution is -2.16. The summed E-state index contributed by atoms with van der Waals surface area (Å²) in [6.07, 6.45) is 0.915. The van der Waals surface area contributed by atoms with E-state index in [1.165, 1.54) is 22.4 Å². The van der Waals surface area contributed by atoms with Gasteiger partial charge in [-0.15, -0.1) is 0 Å². The van der Waals surface area contributed by atoms with Gasteiger partial charge in [0.15, 0.2) is 0 Å². The molecule has 2 rings (SSSR count). The van der Waals surface area contributed by atoms with E-state index in [0.717, 1.165) is 12.2 Å². The molecule has 22 heavy (non-hydrogen) atoms. The van der Waals surface area contributed by atoms with Crippen molar-refractivity contribution in [1.82, 2.24) is 0 Å². The van der Waals surface area contributed by atoms with Crippen LogP contribution in [0, 0.1) is 6.92 Å². The van der Waals surface area contributed by atoms with Crippen LogP contribution in [0.3, 0.4) is 0 Å². The minimum Gasteiger partial charge on any atom is -0.496 e. The number of anilines is 1. The zero-order chi connectivity index (χ0) is 16.1. The van der Waals surface area contributed by atoms with Crippen molar-refractivity contribution in [2.45, 2.75) is 19.3 Å². The Morgan fingerprint density at radius 2 is 1.91 bits per heavy atom. The van der Waals surface area contributed by atoms with E-state index in [4.69, 9.17) is 10.5 Å². The molecule has 0 aliphatic carbocycles. The van der Waals surface area contributed by atoms with Gasteiger partial charge < -0.3 is 15.4 Å². The first-order chi connectivity index (χ1) is 10.5. The monoisotopic (exact) mass is 298 g/mol. The Kier molecular flexibility index (Phi) is 5.45. The number of rotatable bonds is 6. The maximum Gasteiger partial charge on any atom is 0.122 e. The number of methoxy groups -OCH3 is 1. The number of benzene rings is 2. The largest absolute Gasteiger partial charge is 0.496 e. The van der Waals surface area contributed by atoms with Gasteiger partial charge in [0.05, 0.1) is 7.11 Å². The Morgan fingerprint density at radius 1 is 1.14 bits per heavy atom. The van der Waals surface area contributed by atoms with E-state index in [0.29, 0.717) is 6.54 Å². The van der Waals surface area contributed by atoms with Crippen molar-refractivity contribution in [3.8, 4) is 5.75 Å². The molecule has 0 spiro atoms. The van der Waals surface area contributed by atoms with Gasteiger partial charge >= 0.3 is 0 Å². The second-order valence-electron chi connectivity index (χ2n) is 5.95. The standard InChI is InChI=1S/C19H26N2O/c1-14-8-9-19(22-4)18(10-14)16(13-20)11-15-6-5-7-17(12-15)21(2)3/h5-10,12,16H,11,13,20H2,1-4H3. The summed E-state index contributed by atoms with van der Waals surface area (Å²) in [5.41, 5.74) is 11.0. The Labute approximate surface area is 133 Å². The number of nitrogens with two attached hydrogens (primary N) is 1. The maximum absolute atomic E-state index is 6.06. The lowest BCUT2D eigenvalue weighted by atomic mass is 9.90. The van der Waals surface area contributed by atoms with Crippen LogP contribution in [-0.2, 0) is 6.42 Å². The van der Waals surface area contributed by atoms with E-state index in [1.807, 2.05) is 6.07 Å². The zero-order valence-electron chi connectivity index (χ0n) is 14.0. The molecular weight excluding hydrogens is 272 g/mol. The summed E-state index contributed by atoms with van der Waals surface area (Å²) in [6, 6.07) is 14.9. The molecular formula is C19H26N2O. The summed E-state index contributed by atoms with van der Waals surface area (Å²) in [5.74, 6) is 1.18. The quantitative estimate of drug-likeness (QED) is 0.889. The van der Waals surface area contributed by atoms with Crippen LogP contribution in [0.2, 0.25) is 0 Å². The van der Waals surface area contributed by atoms with Crippen LogP contribution in [0.4, 0.5) is 5.69 Å². The van der Waals surface area contributed by atoms with Gasteiger partial charge in [-0.2, -0.15) is 0 Å². The van der Waals surface area contributed by atoms with Crippen LogP contribution >= 0.6 is 0 Å². The normalized spacial score (nSPS) is 12.0. The second-order valence-corrected chi connectivity index (χ2v) is 5.95. The first-order valence-electron chi connectivity index (χ1n) is 7.66. The molecule has 1 unspecified atom stereocenters. The number of ether oxygens (including phenoxy) is 1. The van der Waals surface area contributed by atoms with Gasteiger partial charge in [-0.05, 0) is 49.2 Å². The molecule has 0 saturated heterocycles. The zero-order valence-corrected chi connectivity index (χ0v) is 14.0. The van der Waals surface area contributed by atoms with Gasteiger partial charge in [0.2, 0.25) is 0 Å². The molecule has 0 aliphatic rings. The summed E-state index contributed by atoms with van der Waals surface area (Å²) in [6.45, 7) is 2.70. The molecule has 0 aromatic heterocycles. The van der Waals surface area contributed by atoms with Gasteiger partial charge in [0.1, 0.15) is 5.75 Å². The maximum atomic E-state index is 6.06. The van der Waals surface area contributed by atoms with Crippen molar-refractivity contribution in [3.63, 3.8) is 0 Å². The SMILES string of the molecule is COc1ccc(C)cc1C(CN)Cc1cccc(N(C)C)c1. The van der Waals surface area contributed by atoms with E-state index in [1.54, 1.807) is 7.11 Å². The van der Waals surface area contributed by atoms with E-state index < -0.39 is 0 Å². The molecule has 2 N–H and O–H groups in total. The predicted octanol–water partition coefficient (Wildman–Crippen LogP) is 3.35. The summed E-state index contributed by atoms with van der Waals surface area (Å²) >= 11 is 0. The highest BCUT2D eigenvalue weighted by Gasteiger charge is 2.16. The lowest BCUT2D eigenvalue weighted by molar-refractivity contribution is 0.405. The van der Waals surface area contributed by atoms with E-state index in [-0.39, 0.29) is 5.92 Å². The molecule has 0 saturated carbocycles. The van der Waals surface area contributed by atoms with Crippen molar-refractivity contribution < 1.29 is 4.74 Å². The molecule has 0 heterocycles. The molecule has 0 amide bonds. The van der Waals surface area contributed by atoms with Gasteiger partial charge in [0, 0.05) is 25.7 Å². The highest BCUT2D eigenvalue weighted by Crippen LogP contribution is 2.30. The molecule has 3 heteroatoms. The Balaban J connectivity index is 2.30. The van der Waals surface area contributed by atoms with Crippen LogP contribution in [0.25, 0.3) is 0 Å². The van der Waals surface area contributed by atoms with Crippen molar-refractivity contribution >= 4 is 5.69 Å². The first kappa shape index (κ1) is 16.4. The Bertz CT molecular complexity index is 623. The molecule has 0 radical (unpaired) electrons. The summed E-state index contributed by atoms with van der Waals surface area (Å²) in [5, 5.41) is 0. The highest BCUT2D eigenvalue weighted by atomic mass is 16.5. The second kappa shape index (κ2) is 7.32. The summed E-state index contributed by atoms with van der Waals surface area (Å²) < 4.78 is 5.52. The lowest BCUT2D eigenvalue weighted by Gasteiger charge is -2.20. The van der Waals surface area contributed by atoms with Crippen LogP contribution in [0.15, 0.2) is 42.5 Å². The van der Waals surface area contributed by atoms with Crippen LogP contribution in [0.1, 0.15) is 22.6 Å². The minimum atomic E-state index is 0.257. The minimum absolute atomic E-state index is 0.257. The topological polar surface area (TPSA) is 38.5 Å². The Morgan fingerprint density at radius 3 is 2.55 bits per heavy atom. The van der Waals surface area contributed by atoms with Crippen LogP contribution < -0.4 is 15.4 Å². The first-order valence-corrected chi connectivity index (χ1v) is 7.66. The number of hydrogen-bond acceptors (Lipinski definition) is 3. The average molecular weight is 298 g/mol. The molecule has 0 fully saturated rings. The fourth-order valence-corrected chi connectivity index (χ4v) is 2.74. The van der Waals surface area contributed by atoms with Crippen LogP contribution in [0.5, 0.6) is 5.75 Å². The molecule has 1 atom stereocenters.